The predicted octanol–water partition coefficient (Wildman–Crippen LogP) is 2.67. The van der Waals surface area contributed by atoms with Crippen molar-refractivity contribution in [2.24, 2.45) is 4.99 Å². The van der Waals surface area contributed by atoms with E-state index in [0.717, 1.165) is 40.2 Å². The van der Waals surface area contributed by atoms with Crippen molar-refractivity contribution >= 4 is 42.2 Å². The summed E-state index contributed by atoms with van der Waals surface area (Å²) in [5.74, 6) is -2.90. The van der Waals surface area contributed by atoms with Crippen molar-refractivity contribution < 1.29 is 37.5 Å². The number of benzene rings is 1. The highest BCUT2D eigenvalue weighted by molar-refractivity contribution is 8.14. The monoisotopic (exact) mass is 429 g/mol. The molecule has 0 aliphatic rings. The maximum atomic E-state index is 12.9. The molecule has 1 aromatic carbocycles. The van der Waals surface area contributed by atoms with E-state index in [-0.39, 0.29) is 10.6 Å². The van der Waals surface area contributed by atoms with E-state index in [1.807, 2.05) is 0 Å². The van der Waals surface area contributed by atoms with Crippen molar-refractivity contribution in [1.82, 2.24) is 0 Å². The number of nitrogens with zero attached hydrogens (tertiary/aromatic N) is 1. The van der Waals surface area contributed by atoms with Gasteiger partial charge in [-0.15, -0.1) is 11.8 Å². The Bertz CT molecular complexity index is 842. The van der Waals surface area contributed by atoms with E-state index in [4.69, 9.17) is 13.8 Å². The number of ether oxygens (including phenoxy) is 2. The van der Waals surface area contributed by atoms with Gasteiger partial charge in [0.05, 0.1) is 14.2 Å². The standard InChI is InChI=1S/C17H20NO8PS/c1-23-16(20)12(13(17(21)24-2)27(22,25-3)26-4)15(28-5)18-14(19)11-9-7-6-8-10-11/h6-10H,1-5H3/b13-12+,18-15?. The minimum Gasteiger partial charge on any atom is -0.465 e. The first-order chi connectivity index (χ1) is 13.3. The summed E-state index contributed by atoms with van der Waals surface area (Å²) in [6.07, 6.45) is 1.51. The Balaban J connectivity index is 3.80. The second kappa shape index (κ2) is 10.9. The van der Waals surface area contributed by atoms with E-state index < -0.39 is 36.3 Å². The fourth-order valence-electron chi connectivity index (χ4n) is 2.03. The fraction of sp³-hybridized carbons (Fsp3) is 0.294. The van der Waals surface area contributed by atoms with Crippen molar-refractivity contribution in [3.63, 3.8) is 0 Å². The summed E-state index contributed by atoms with van der Waals surface area (Å²) in [7, 11) is -0.121. The third kappa shape index (κ3) is 5.39. The van der Waals surface area contributed by atoms with Gasteiger partial charge in [0, 0.05) is 19.8 Å². The van der Waals surface area contributed by atoms with Gasteiger partial charge in [-0.2, -0.15) is 0 Å². The Labute approximate surface area is 166 Å². The van der Waals surface area contributed by atoms with Gasteiger partial charge in [0.25, 0.3) is 5.91 Å². The molecule has 11 heteroatoms. The third-order valence-corrected chi connectivity index (χ3v) is 5.99. The number of methoxy groups -OCH3 is 2. The van der Waals surface area contributed by atoms with Crippen molar-refractivity contribution in [3.05, 3.63) is 46.8 Å². The molecule has 0 spiro atoms. The number of carbonyl (C=O) groups excluding carboxylic acids is 3. The number of rotatable bonds is 7. The molecule has 0 saturated carbocycles. The molecule has 0 fully saturated rings. The average Bonchev–Trinajstić information content (AvgIpc) is 2.74. The van der Waals surface area contributed by atoms with Gasteiger partial charge in [0.1, 0.15) is 10.6 Å². The van der Waals surface area contributed by atoms with Crippen LogP contribution in [0.1, 0.15) is 10.4 Å². The molecule has 0 saturated heterocycles. The lowest BCUT2D eigenvalue weighted by molar-refractivity contribution is -0.138. The number of thioether (sulfide) groups is 1. The largest absolute Gasteiger partial charge is 0.465 e. The summed E-state index contributed by atoms with van der Waals surface area (Å²) >= 11 is 0.868. The minimum atomic E-state index is -4.27. The van der Waals surface area contributed by atoms with Crippen LogP contribution in [0.25, 0.3) is 0 Å². The van der Waals surface area contributed by atoms with Gasteiger partial charge >= 0.3 is 19.5 Å². The molecule has 0 aliphatic heterocycles. The molecule has 0 N–H and O–H groups in total. The SMILES string of the molecule is COC(=O)/C(C(=NC(=O)c1ccccc1)SC)=C(\C(=O)OC)P(=O)(OC)OC. The summed E-state index contributed by atoms with van der Waals surface area (Å²) in [6.45, 7) is 0. The molecular weight excluding hydrogens is 409 g/mol. The minimum absolute atomic E-state index is 0.213. The fourth-order valence-corrected chi connectivity index (χ4v) is 3.97. The normalized spacial score (nSPS) is 12.8. The molecule has 0 aliphatic carbocycles. The average molecular weight is 429 g/mol. The van der Waals surface area contributed by atoms with Gasteiger partial charge in [0.15, 0.2) is 5.31 Å². The smallest absolute Gasteiger partial charge is 0.369 e. The van der Waals surface area contributed by atoms with Crippen LogP contribution in [-0.2, 0) is 32.7 Å². The van der Waals surface area contributed by atoms with Gasteiger partial charge in [-0.05, 0) is 18.4 Å². The van der Waals surface area contributed by atoms with E-state index in [0.29, 0.717) is 0 Å². The first-order valence-electron chi connectivity index (χ1n) is 7.65. The molecule has 9 nitrogen and oxygen atoms in total. The Morgan fingerprint density at radius 2 is 1.46 bits per heavy atom. The van der Waals surface area contributed by atoms with Crippen molar-refractivity contribution in [2.75, 3.05) is 34.7 Å². The quantitative estimate of drug-likeness (QED) is 0.212. The molecule has 28 heavy (non-hydrogen) atoms. The number of hydrogen-bond acceptors (Lipinski definition) is 9. The zero-order valence-electron chi connectivity index (χ0n) is 16.0. The molecule has 1 aromatic rings. The van der Waals surface area contributed by atoms with Crippen LogP contribution in [0.5, 0.6) is 0 Å². The highest BCUT2D eigenvalue weighted by Gasteiger charge is 2.41. The third-order valence-electron chi connectivity index (χ3n) is 3.39. The van der Waals surface area contributed by atoms with Crippen LogP contribution >= 0.6 is 19.4 Å². The van der Waals surface area contributed by atoms with Crippen LogP contribution in [-0.4, -0.2) is 57.6 Å². The summed E-state index contributed by atoms with van der Waals surface area (Å²) in [4.78, 5) is 41.1. The summed E-state index contributed by atoms with van der Waals surface area (Å²) < 4.78 is 32.0. The van der Waals surface area contributed by atoms with Gasteiger partial charge < -0.3 is 18.5 Å². The van der Waals surface area contributed by atoms with E-state index in [1.165, 1.54) is 18.4 Å². The van der Waals surface area contributed by atoms with Gasteiger partial charge in [-0.25, -0.2) is 14.6 Å². The number of hydrogen-bond donors (Lipinski definition) is 0. The molecule has 1 rings (SSSR count). The molecule has 1 amide bonds. The van der Waals surface area contributed by atoms with E-state index >= 15 is 0 Å². The van der Waals surface area contributed by atoms with Crippen molar-refractivity contribution in [1.29, 1.82) is 0 Å². The summed E-state index contributed by atoms with van der Waals surface area (Å²) in [6, 6.07) is 8.06. The van der Waals surface area contributed by atoms with Crippen LogP contribution in [0.2, 0.25) is 0 Å². The molecule has 0 radical (unpaired) electrons. The lowest BCUT2D eigenvalue weighted by Gasteiger charge is -2.19. The van der Waals surface area contributed by atoms with Crippen LogP contribution < -0.4 is 0 Å². The Morgan fingerprint density at radius 3 is 1.89 bits per heavy atom. The molecule has 0 atom stereocenters. The Kier molecular flexibility index (Phi) is 9.27. The maximum absolute atomic E-state index is 12.9. The summed E-state index contributed by atoms with van der Waals surface area (Å²) in [5.41, 5.74) is -0.294. The van der Waals surface area contributed by atoms with Gasteiger partial charge in [-0.3, -0.25) is 9.36 Å². The molecule has 0 unspecified atom stereocenters. The van der Waals surface area contributed by atoms with E-state index in [2.05, 4.69) is 9.73 Å². The zero-order chi connectivity index (χ0) is 21.3. The molecular formula is C17H20NO8PS. The maximum Gasteiger partial charge on any atom is 0.369 e. The Morgan fingerprint density at radius 1 is 0.929 bits per heavy atom. The van der Waals surface area contributed by atoms with Gasteiger partial charge in [0.2, 0.25) is 0 Å². The Hall–Kier alpha value is -2.26. The second-order valence-corrected chi connectivity index (χ2v) is 7.83. The van der Waals surface area contributed by atoms with Crippen LogP contribution in [0.15, 0.2) is 46.2 Å². The number of aliphatic imine (C=N–C) groups is 1. The highest BCUT2D eigenvalue weighted by Crippen LogP contribution is 2.56. The van der Waals surface area contributed by atoms with Crippen LogP contribution in [0.4, 0.5) is 0 Å². The molecule has 0 heterocycles. The van der Waals surface area contributed by atoms with E-state index in [9.17, 15) is 18.9 Å². The first kappa shape index (κ1) is 23.8. The molecule has 0 bridgehead atoms. The summed E-state index contributed by atoms with van der Waals surface area (Å²) in [5, 5.41) is -0.934. The topological polar surface area (TPSA) is 118 Å². The number of carbonyl (C=O) groups is 3. The van der Waals surface area contributed by atoms with E-state index in [1.54, 1.807) is 18.2 Å². The number of esters is 2. The van der Waals surface area contributed by atoms with Crippen molar-refractivity contribution in [3.8, 4) is 0 Å². The molecule has 152 valence electrons. The lowest BCUT2D eigenvalue weighted by Crippen LogP contribution is -2.21. The second-order valence-electron chi connectivity index (χ2n) is 4.86. The van der Waals surface area contributed by atoms with Crippen molar-refractivity contribution in [2.45, 2.75) is 0 Å². The lowest BCUT2D eigenvalue weighted by atomic mass is 10.2. The molecule has 0 aromatic heterocycles. The predicted molar refractivity (Wildman–Crippen MR) is 104 cm³/mol. The van der Waals surface area contributed by atoms with Gasteiger partial charge in [-0.1, -0.05) is 18.2 Å². The van der Waals surface area contributed by atoms with Crippen LogP contribution in [0.3, 0.4) is 0 Å². The zero-order valence-corrected chi connectivity index (χ0v) is 17.7. The first-order valence-corrected chi connectivity index (χ1v) is 10.4. The number of amides is 1. The highest BCUT2D eigenvalue weighted by atomic mass is 32.2. The van der Waals surface area contributed by atoms with Crippen LogP contribution in [0, 0.1) is 0 Å².